The van der Waals surface area contributed by atoms with Crippen LogP contribution in [0.15, 0.2) is 54.1 Å². The molecule has 30 heavy (non-hydrogen) atoms. The standard InChI is InChI=1S/C22H22N4O4/c1-24-21(28)16-5-4-6-18(12-16)25-20(27)14-30-22(29)17(13-23)11-15-7-9-19(10-8-15)26(2)3/h4-12H,14H2,1-3H3,(H,24,28)(H,25,27)/b17-11+. The minimum Gasteiger partial charge on any atom is -0.451 e. The first-order chi connectivity index (χ1) is 14.3. The zero-order valence-corrected chi connectivity index (χ0v) is 16.9. The highest BCUT2D eigenvalue weighted by Crippen LogP contribution is 2.15. The van der Waals surface area contributed by atoms with E-state index in [4.69, 9.17) is 4.74 Å². The van der Waals surface area contributed by atoms with E-state index in [0.717, 1.165) is 5.69 Å². The first-order valence-electron chi connectivity index (χ1n) is 9.02. The van der Waals surface area contributed by atoms with Gasteiger partial charge in [0.15, 0.2) is 6.61 Å². The van der Waals surface area contributed by atoms with E-state index < -0.39 is 18.5 Å². The molecule has 0 spiro atoms. The van der Waals surface area contributed by atoms with Gasteiger partial charge in [-0.1, -0.05) is 18.2 Å². The fourth-order valence-electron chi connectivity index (χ4n) is 2.46. The summed E-state index contributed by atoms with van der Waals surface area (Å²) in [6.07, 6.45) is 1.40. The number of anilines is 2. The van der Waals surface area contributed by atoms with Gasteiger partial charge < -0.3 is 20.3 Å². The molecule has 2 rings (SSSR count). The third kappa shape index (κ3) is 6.21. The highest BCUT2D eigenvalue weighted by molar-refractivity contribution is 6.00. The molecule has 0 saturated carbocycles. The molecule has 0 saturated heterocycles. The number of rotatable bonds is 7. The molecule has 2 N–H and O–H groups in total. The second-order valence-corrected chi connectivity index (χ2v) is 6.44. The summed E-state index contributed by atoms with van der Waals surface area (Å²) in [6.45, 7) is -0.568. The number of benzene rings is 2. The van der Waals surface area contributed by atoms with Gasteiger partial charge in [0, 0.05) is 38.1 Å². The number of ether oxygens (including phenoxy) is 1. The van der Waals surface area contributed by atoms with Crippen LogP contribution in [0.2, 0.25) is 0 Å². The van der Waals surface area contributed by atoms with Crippen molar-refractivity contribution in [2.75, 3.05) is 38.0 Å². The van der Waals surface area contributed by atoms with Gasteiger partial charge >= 0.3 is 5.97 Å². The van der Waals surface area contributed by atoms with E-state index in [2.05, 4.69) is 10.6 Å². The Balaban J connectivity index is 1.97. The van der Waals surface area contributed by atoms with Crippen LogP contribution in [0.5, 0.6) is 0 Å². The molecule has 8 nitrogen and oxygen atoms in total. The zero-order valence-electron chi connectivity index (χ0n) is 16.9. The van der Waals surface area contributed by atoms with Crippen molar-refractivity contribution in [3.05, 3.63) is 65.2 Å². The van der Waals surface area contributed by atoms with Crippen molar-refractivity contribution in [3.8, 4) is 6.07 Å². The number of carbonyl (C=O) groups is 3. The molecule has 0 unspecified atom stereocenters. The van der Waals surface area contributed by atoms with E-state index in [1.165, 1.54) is 19.2 Å². The Labute approximate surface area is 174 Å². The average Bonchev–Trinajstić information content (AvgIpc) is 2.75. The number of nitrogens with one attached hydrogen (secondary N) is 2. The molecule has 154 valence electrons. The molecular weight excluding hydrogens is 384 g/mol. The predicted molar refractivity (Wildman–Crippen MR) is 114 cm³/mol. The third-order valence-corrected chi connectivity index (χ3v) is 4.03. The lowest BCUT2D eigenvalue weighted by atomic mass is 10.1. The molecule has 2 aromatic carbocycles. The summed E-state index contributed by atoms with van der Waals surface area (Å²) in [6, 6.07) is 15.3. The Morgan fingerprint density at radius 2 is 1.83 bits per heavy atom. The Morgan fingerprint density at radius 3 is 2.43 bits per heavy atom. The van der Waals surface area contributed by atoms with Crippen LogP contribution in [0.4, 0.5) is 11.4 Å². The fourth-order valence-corrected chi connectivity index (χ4v) is 2.46. The van der Waals surface area contributed by atoms with Crippen LogP contribution in [0.1, 0.15) is 15.9 Å². The van der Waals surface area contributed by atoms with Crippen molar-refractivity contribution in [2.24, 2.45) is 0 Å². The summed E-state index contributed by atoms with van der Waals surface area (Å²) >= 11 is 0. The highest BCUT2D eigenvalue weighted by atomic mass is 16.5. The minimum atomic E-state index is -0.900. The number of amides is 2. The van der Waals surface area contributed by atoms with Gasteiger partial charge in [0.1, 0.15) is 11.6 Å². The molecule has 0 heterocycles. The summed E-state index contributed by atoms with van der Waals surface area (Å²) in [5.41, 5.74) is 2.17. The maximum absolute atomic E-state index is 12.1. The molecule has 0 atom stereocenters. The molecule has 2 aromatic rings. The summed E-state index contributed by atoms with van der Waals surface area (Å²) in [4.78, 5) is 37.8. The van der Waals surface area contributed by atoms with Gasteiger partial charge in [-0.2, -0.15) is 5.26 Å². The molecule has 2 amide bonds. The van der Waals surface area contributed by atoms with Crippen molar-refractivity contribution >= 4 is 35.2 Å². The Morgan fingerprint density at radius 1 is 1.13 bits per heavy atom. The van der Waals surface area contributed by atoms with Crippen molar-refractivity contribution in [1.29, 1.82) is 5.26 Å². The molecule has 0 radical (unpaired) electrons. The van der Waals surface area contributed by atoms with Crippen LogP contribution in [-0.4, -0.2) is 45.5 Å². The molecule has 0 aromatic heterocycles. The molecule has 0 aliphatic rings. The maximum atomic E-state index is 12.1. The van der Waals surface area contributed by atoms with Gasteiger partial charge in [0.25, 0.3) is 11.8 Å². The van der Waals surface area contributed by atoms with E-state index in [9.17, 15) is 19.6 Å². The molecule has 0 aliphatic carbocycles. The quantitative estimate of drug-likeness (QED) is 0.414. The van der Waals surface area contributed by atoms with Gasteiger partial charge in [-0.25, -0.2) is 4.79 Å². The monoisotopic (exact) mass is 406 g/mol. The van der Waals surface area contributed by atoms with E-state index in [0.29, 0.717) is 16.8 Å². The normalized spacial score (nSPS) is 10.5. The molecule has 8 heteroatoms. The van der Waals surface area contributed by atoms with Gasteiger partial charge in [0.2, 0.25) is 0 Å². The van der Waals surface area contributed by atoms with Crippen molar-refractivity contribution in [2.45, 2.75) is 0 Å². The molecule has 0 fully saturated rings. The molecular formula is C22H22N4O4. The van der Waals surface area contributed by atoms with E-state index >= 15 is 0 Å². The number of hydrogen-bond acceptors (Lipinski definition) is 6. The number of nitrogens with zero attached hydrogens (tertiary/aromatic N) is 2. The largest absolute Gasteiger partial charge is 0.451 e. The van der Waals surface area contributed by atoms with Crippen molar-refractivity contribution in [3.63, 3.8) is 0 Å². The Hall–Kier alpha value is -4.12. The Bertz CT molecular complexity index is 1000. The summed E-state index contributed by atoms with van der Waals surface area (Å²) in [7, 11) is 5.31. The molecule has 0 aliphatic heterocycles. The summed E-state index contributed by atoms with van der Waals surface area (Å²) in [5, 5.41) is 14.3. The minimum absolute atomic E-state index is 0.220. The van der Waals surface area contributed by atoms with Crippen LogP contribution >= 0.6 is 0 Å². The van der Waals surface area contributed by atoms with E-state index in [1.807, 2.05) is 31.1 Å². The van der Waals surface area contributed by atoms with Crippen LogP contribution in [-0.2, 0) is 14.3 Å². The van der Waals surface area contributed by atoms with Crippen molar-refractivity contribution in [1.82, 2.24) is 5.32 Å². The summed E-state index contributed by atoms with van der Waals surface area (Å²) in [5.74, 6) is -1.78. The number of esters is 1. The van der Waals surface area contributed by atoms with Gasteiger partial charge in [-0.05, 0) is 42.0 Å². The van der Waals surface area contributed by atoms with Crippen LogP contribution in [0.25, 0.3) is 6.08 Å². The topological polar surface area (TPSA) is 112 Å². The van der Waals surface area contributed by atoms with Crippen LogP contribution < -0.4 is 15.5 Å². The SMILES string of the molecule is CNC(=O)c1cccc(NC(=O)COC(=O)/C(C#N)=C/c2ccc(N(C)C)cc2)c1. The Kier molecular flexibility index (Phi) is 7.71. The lowest BCUT2D eigenvalue weighted by Crippen LogP contribution is -2.22. The summed E-state index contributed by atoms with van der Waals surface area (Å²) < 4.78 is 4.93. The van der Waals surface area contributed by atoms with Crippen LogP contribution in [0.3, 0.4) is 0 Å². The average molecular weight is 406 g/mol. The number of nitriles is 1. The van der Waals surface area contributed by atoms with Gasteiger partial charge in [-0.15, -0.1) is 0 Å². The third-order valence-electron chi connectivity index (χ3n) is 4.03. The van der Waals surface area contributed by atoms with Gasteiger partial charge in [-0.3, -0.25) is 9.59 Å². The fraction of sp³-hybridized carbons (Fsp3) is 0.182. The second-order valence-electron chi connectivity index (χ2n) is 6.44. The first kappa shape index (κ1) is 22.2. The zero-order chi connectivity index (χ0) is 22.1. The lowest BCUT2D eigenvalue weighted by Gasteiger charge is -2.11. The van der Waals surface area contributed by atoms with Crippen molar-refractivity contribution < 1.29 is 19.1 Å². The number of carbonyl (C=O) groups excluding carboxylic acids is 3. The predicted octanol–water partition coefficient (Wildman–Crippen LogP) is 2.20. The van der Waals surface area contributed by atoms with Gasteiger partial charge in [0.05, 0.1) is 0 Å². The molecule has 0 bridgehead atoms. The van der Waals surface area contributed by atoms with E-state index in [-0.39, 0.29) is 11.5 Å². The smallest absolute Gasteiger partial charge is 0.349 e. The first-order valence-corrected chi connectivity index (χ1v) is 9.02. The lowest BCUT2D eigenvalue weighted by molar-refractivity contribution is -0.142. The van der Waals surface area contributed by atoms with Crippen LogP contribution in [0, 0.1) is 11.3 Å². The van der Waals surface area contributed by atoms with E-state index in [1.54, 1.807) is 36.4 Å². The number of hydrogen-bond donors (Lipinski definition) is 2. The second kappa shape index (κ2) is 10.4. The maximum Gasteiger partial charge on any atom is 0.349 e. The highest BCUT2D eigenvalue weighted by Gasteiger charge is 2.14.